The molecule has 1 heterocycles. The maximum absolute atomic E-state index is 12.8. The molecule has 0 aliphatic carbocycles. The van der Waals surface area contributed by atoms with Crippen LogP contribution >= 0.6 is 0 Å². The molecule has 0 aliphatic rings. The fourth-order valence-electron chi connectivity index (χ4n) is 1.73. The second-order valence-electron chi connectivity index (χ2n) is 5.42. The molecule has 2 N–H and O–H groups in total. The number of rotatable bonds is 6. The molecule has 0 aromatic carbocycles. The Hall–Kier alpha value is -1.73. The zero-order chi connectivity index (χ0) is 21.1. The minimum atomic E-state index is -3.36. The van der Waals surface area contributed by atoms with Crippen LogP contribution in [0.3, 0.4) is 0 Å². The lowest BCUT2D eigenvalue weighted by molar-refractivity contribution is -0.0805. The van der Waals surface area contributed by atoms with Crippen LogP contribution in [-0.2, 0) is 4.74 Å². The van der Waals surface area contributed by atoms with E-state index in [1.54, 1.807) is 20.8 Å². The third kappa shape index (κ3) is 8.58. The van der Waals surface area contributed by atoms with Crippen LogP contribution in [0.4, 0.5) is 13.2 Å². The predicted octanol–water partition coefficient (Wildman–Crippen LogP) is 5.11. The highest BCUT2D eigenvalue weighted by atomic mass is 19.3. The van der Waals surface area contributed by atoms with E-state index in [1.165, 1.54) is 26.2 Å². The van der Waals surface area contributed by atoms with Gasteiger partial charge in [0.25, 0.3) is 5.92 Å². The second kappa shape index (κ2) is 12.6. The average Bonchev–Trinajstić information content (AvgIpc) is 3.03. The number of aliphatic hydroxyl groups excluding tert-OH is 2. The van der Waals surface area contributed by atoms with Crippen molar-refractivity contribution in [2.75, 3.05) is 7.11 Å². The summed E-state index contributed by atoms with van der Waals surface area (Å²) in [5, 5.41) is 18.3. The number of aryl methyl sites for hydroxylation is 1. The molecule has 0 saturated heterocycles. The third-order valence-corrected chi connectivity index (χ3v) is 3.08. The molecule has 152 valence electrons. The standard InChI is InChI=1S/C9H10F2O2.C8H15FO2.C2H6/c1-3-9(10,11)8(12)7-5-4-6(2)13-7;1-5(2)8(11-4)7(10)6(3)9;1-2/h3-5,8,12H,1H2,2H3;6-7,10H,1-4H3;1-2H3. The van der Waals surface area contributed by atoms with E-state index in [4.69, 9.17) is 14.3 Å². The number of hydrogen-bond acceptors (Lipinski definition) is 4. The van der Waals surface area contributed by atoms with Gasteiger partial charge in [0.2, 0.25) is 0 Å². The molecule has 4 nitrogen and oxygen atoms in total. The molecule has 1 rings (SSSR count). The van der Waals surface area contributed by atoms with Crippen LogP contribution in [0, 0.1) is 6.92 Å². The second-order valence-corrected chi connectivity index (χ2v) is 5.42. The van der Waals surface area contributed by atoms with Crippen molar-refractivity contribution in [3.63, 3.8) is 0 Å². The summed E-state index contributed by atoms with van der Waals surface area (Å²) in [6, 6.07) is 2.83. The summed E-state index contributed by atoms with van der Waals surface area (Å²) in [4.78, 5) is 0. The van der Waals surface area contributed by atoms with Gasteiger partial charge in [0.05, 0.1) is 7.11 Å². The van der Waals surface area contributed by atoms with Crippen molar-refractivity contribution in [1.29, 1.82) is 0 Å². The number of alkyl halides is 3. The van der Waals surface area contributed by atoms with Gasteiger partial charge in [-0.25, -0.2) is 4.39 Å². The smallest absolute Gasteiger partial charge is 0.298 e. The summed E-state index contributed by atoms with van der Waals surface area (Å²) in [6.07, 6.45) is -3.99. The highest BCUT2D eigenvalue weighted by molar-refractivity contribution is 5.13. The molecule has 1 aromatic heterocycles. The monoisotopic (exact) mass is 380 g/mol. The van der Waals surface area contributed by atoms with E-state index in [1.807, 2.05) is 13.8 Å². The quantitative estimate of drug-likeness (QED) is 0.531. The van der Waals surface area contributed by atoms with Crippen LogP contribution in [0.15, 0.2) is 40.5 Å². The highest BCUT2D eigenvalue weighted by Gasteiger charge is 2.38. The first-order valence-corrected chi connectivity index (χ1v) is 8.27. The number of methoxy groups -OCH3 is 1. The summed E-state index contributed by atoms with van der Waals surface area (Å²) in [5.74, 6) is -2.71. The molecule has 0 aliphatic heterocycles. The number of halogens is 3. The minimum absolute atomic E-state index is 0.151. The van der Waals surface area contributed by atoms with Crippen LogP contribution in [0.1, 0.15) is 52.2 Å². The first kappa shape index (κ1) is 26.5. The lowest BCUT2D eigenvalue weighted by Crippen LogP contribution is -2.23. The zero-order valence-electron chi connectivity index (χ0n) is 16.5. The normalized spacial score (nSPS) is 13.8. The van der Waals surface area contributed by atoms with E-state index in [-0.39, 0.29) is 5.76 Å². The van der Waals surface area contributed by atoms with Gasteiger partial charge in [-0.3, -0.25) is 0 Å². The van der Waals surface area contributed by atoms with Gasteiger partial charge in [-0.05, 0) is 51.5 Å². The highest BCUT2D eigenvalue weighted by Crippen LogP contribution is 2.32. The Kier molecular flexibility index (Phi) is 12.8. The Bertz CT molecular complexity index is 547. The molecular weight excluding hydrogens is 349 g/mol. The Morgan fingerprint density at radius 2 is 1.77 bits per heavy atom. The SMILES string of the molecule is C=CC(F)(F)C(O)c1ccc(C)o1.CC.COC(=C(C)C)C(O)C(C)F. The molecule has 3 unspecified atom stereocenters. The maximum atomic E-state index is 12.8. The van der Waals surface area contributed by atoms with E-state index in [9.17, 15) is 18.3 Å². The molecular formula is C19H31F3O4. The summed E-state index contributed by atoms with van der Waals surface area (Å²) in [7, 11) is 1.42. The van der Waals surface area contributed by atoms with Crippen molar-refractivity contribution in [3.8, 4) is 0 Å². The fraction of sp³-hybridized carbons (Fsp3) is 0.579. The molecule has 0 saturated carbocycles. The first-order valence-electron chi connectivity index (χ1n) is 8.27. The molecule has 0 spiro atoms. The largest absolute Gasteiger partial charge is 0.498 e. The average molecular weight is 380 g/mol. The van der Waals surface area contributed by atoms with Crippen LogP contribution < -0.4 is 0 Å². The molecule has 0 amide bonds. The van der Waals surface area contributed by atoms with Gasteiger partial charge in [-0.2, -0.15) is 8.78 Å². The lowest BCUT2D eigenvalue weighted by Gasteiger charge is -2.16. The number of furan rings is 1. The zero-order valence-corrected chi connectivity index (χ0v) is 16.5. The molecule has 7 heteroatoms. The number of hydrogen-bond donors (Lipinski definition) is 2. The summed E-state index contributed by atoms with van der Waals surface area (Å²) >= 11 is 0. The third-order valence-electron chi connectivity index (χ3n) is 3.08. The van der Waals surface area contributed by atoms with E-state index in [0.717, 1.165) is 5.57 Å². The molecule has 0 fully saturated rings. The summed E-state index contributed by atoms with van der Waals surface area (Å²) in [5.41, 5.74) is 0.796. The van der Waals surface area contributed by atoms with Crippen molar-refractivity contribution in [1.82, 2.24) is 0 Å². The molecule has 0 bridgehead atoms. The van der Waals surface area contributed by atoms with Gasteiger partial charge < -0.3 is 19.4 Å². The maximum Gasteiger partial charge on any atom is 0.298 e. The van der Waals surface area contributed by atoms with Crippen molar-refractivity contribution in [2.45, 2.75) is 65.8 Å². The van der Waals surface area contributed by atoms with Crippen LogP contribution in [0.25, 0.3) is 0 Å². The van der Waals surface area contributed by atoms with Gasteiger partial charge in [-0.1, -0.05) is 20.4 Å². The summed E-state index contributed by atoms with van der Waals surface area (Å²) < 4.78 is 47.8. The van der Waals surface area contributed by atoms with Gasteiger partial charge >= 0.3 is 0 Å². The van der Waals surface area contributed by atoms with Crippen LogP contribution in [-0.4, -0.2) is 35.5 Å². The number of ether oxygens (including phenoxy) is 1. The van der Waals surface area contributed by atoms with Gasteiger partial charge in [0.1, 0.15) is 29.6 Å². The fourth-order valence-corrected chi connectivity index (χ4v) is 1.73. The van der Waals surface area contributed by atoms with Gasteiger partial charge in [0, 0.05) is 0 Å². The molecule has 26 heavy (non-hydrogen) atoms. The molecule has 3 atom stereocenters. The van der Waals surface area contributed by atoms with Gasteiger partial charge in [0.15, 0.2) is 6.10 Å². The Morgan fingerprint density at radius 3 is 2.00 bits per heavy atom. The molecule has 0 radical (unpaired) electrons. The van der Waals surface area contributed by atoms with Crippen LogP contribution in [0.2, 0.25) is 0 Å². The Morgan fingerprint density at radius 1 is 1.27 bits per heavy atom. The van der Waals surface area contributed by atoms with E-state index in [2.05, 4.69) is 6.58 Å². The lowest BCUT2D eigenvalue weighted by atomic mass is 10.1. The van der Waals surface area contributed by atoms with Crippen molar-refractivity contribution in [3.05, 3.63) is 47.6 Å². The van der Waals surface area contributed by atoms with Crippen molar-refractivity contribution < 1.29 is 32.5 Å². The van der Waals surface area contributed by atoms with Crippen LogP contribution in [0.5, 0.6) is 0 Å². The predicted molar refractivity (Wildman–Crippen MR) is 96.9 cm³/mol. The van der Waals surface area contributed by atoms with Gasteiger partial charge in [-0.15, -0.1) is 0 Å². The van der Waals surface area contributed by atoms with E-state index >= 15 is 0 Å². The number of aliphatic hydroxyl groups is 2. The van der Waals surface area contributed by atoms with Crippen molar-refractivity contribution in [2.24, 2.45) is 0 Å². The molecule has 1 aromatic rings. The topological polar surface area (TPSA) is 62.8 Å². The first-order chi connectivity index (χ1) is 12.0. The Labute approximate surface area is 154 Å². The Balaban J connectivity index is 0. The van der Waals surface area contributed by atoms with E-state index < -0.39 is 24.3 Å². The minimum Gasteiger partial charge on any atom is -0.498 e. The summed E-state index contributed by atoms with van der Waals surface area (Å²) in [6.45, 7) is 13.4. The number of allylic oxidation sites excluding steroid dienone is 1. The van der Waals surface area contributed by atoms with E-state index in [0.29, 0.717) is 17.6 Å². The van der Waals surface area contributed by atoms with Crippen molar-refractivity contribution >= 4 is 0 Å².